The molecule has 1 aromatic carbocycles. The van der Waals surface area contributed by atoms with Crippen molar-refractivity contribution in [3.63, 3.8) is 0 Å². The van der Waals surface area contributed by atoms with E-state index in [0.717, 1.165) is 48.8 Å². The highest BCUT2D eigenvalue weighted by molar-refractivity contribution is 6.05. The average molecular weight is 428 g/mol. The van der Waals surface area contributed by atoms with Crippen molar-refractivity contribution in [1.29, 1.82) is 0 Å². The van der Waals surface area contributed by atoms with Crippen LogP contribution in [0.3, 0.4) is 0 Å². The Bertz CT molecular complexity index is 1150. The van der Waals surface area contributed by atoms with Crippen LogP contribution in [0.4, 0.5) is 23.1 Å². The largest absolute Gasteiger partial charge is 0.378 e. The lowest BCUT2D eigenvalue weighted by molar-refractivity contribution is 0.0965. The number of morpholine rings is 1. The van der Waals surface area contributed by atoms with E-state index >= 15 is 0 Å². The number of aromatic nitrogens is 3. The number of ether oxygens (including phenoxy) is 1. The fraction of sp³-hybridized carbons (Fsp3) is 0.217. The van der Waals surface area contributed by atoms with Gasteiger partial charge in [0.25, 0.3) is 5.91 Å². The van der Waals surface area contributed by atoms with Crippen LogP contribution in [0.5, 0.6) is 0 Å². The van der Waals surface area contributed by atoms with Crippen molar-refractivity contribution in [1.82, 2.24) is 20.3 Å². The molecule has 2 aromatic heterocycles. The number of carbonyl (C=O) groups excluding carboxylic acids is 1. The van der Waals surface area contributed by atoms with Crippen LogP contribution in [0.1, 0.15) is 15.9 Å². The standard InChI is InChI=1S/C23H22N7O2/c1-24-23-26-13-16(14-27-23)19-12-15-6-7-25-22(31)20(15)21(29-19)28-17-2-4-18(5-3-17)30-8-10-32-11-9-30/h2-7,12-14H,8-11H2,1H3,(H,28,29)(H,24,26,27). The van der Waals surface area contributed by atoms with Gasteiger partial charge in [-0.1, -0.05) is 0 Å². The smallest absolute Gasteiger partial charge is 0.281 e. The second-order valence-corrected chi connectivity index (χ2v) is 7.39. The quantitative estimate of drug-likeness (QED) is 0.639. The Balaban J connectivity index is 1.48. The zero-order chi connectivity index (χ0) is 21.9. The van der Waals surface area contributed by atoms with Gasteiger partial charge in [-0.15, -0.1) is 0 Å². The summed E-state index contributed by atoms with van der Waals surface area (Å²) in [6.07, 6.45) is 6.72. The number of anilines is 4. The number of fused-ring (bicyclic) bond motifs is 1. The zero-order valence-corrected chi connectivity index (χ0v) is 17.6. The molecule has 2 N–H and O–H groups in total. The van der Waals surface area contributed by atoms with Crippen molar-refractivity contribution in [2.24, 2.45) is 0 Å². The van der Waals surface area contributed by atoms with Crippen molar-refractivity contribution in [3.05, 3.63) is 60.1 Å². The van der Waals surface area contributed by atoms with Crippen LogP contribution >= 0.6 is 0 Å². The summed E-state index contributed by atoms with van der Waals surface area (Å²) in [5.41, 5.74) is 4.58. The van der Waals surface area contributed by atoms with Gasteiger partial charge in [0.05, 0.1) is 24.5 Å². The Labute approximate surface area is 185 Å². The first-order chi connectivity index (χ1) is 15.7. The lowest BCUT2D eigenvalue weighted by atomic mass is 10.0. The molecule has 0 spiro atoms. The molecule has 0 bridgehead atoms. The number of nitrogens with one attached hydrogen (secondary N) is 2. The second-order valence-electron chi connectivity index (χ2n) is 7.39. The Kier molecular flexibility index (Phi) is 5.39. The van der Waals surface area contributed by atoms with Crippen LogP contribution in [0.25, 0.3) is 17.3 Å². The van der Waals surface area contributed by atoms with Gasteiger partial charge in [0.15, 0.2) is 0 Å². The van der Waals surface area contributed by atoms with Crippen LogP contribution in [0.2, 0.25) is 0 Å². The Morgan fingerprint density at radius 2 is 1.81 bits per heavy atom. The van der Waals surface area contributed by atoms with Crippen molar-refractivity contribution in [2.75, 3.05) is 48.9 Å². The molecule has 1 amide bonds. The number of rotatable bonds is 5. The van der Waals surface area contributed by atoms with Gasteiger partial charge in [-0.05, 0) is 42.0 Å². The van der Waals surface area contributed by atoms with E-state index in [4.69, 9.17) is 9.72 Å². The molecule has 32 heavy (non-hydrogen) atoms. The van der Waals surface area contributed by atoms with Crippen molar-refractivity contribution < 1.29 is 9.53 Å². The lowest BCUT2D eigenvalue weighted by Crippen LogP contribution is -2.36. The van der Waals surface area contributed by atoms with Crippen LogP contribution in [-0.2, 0) is 4.74 Å². The zero-order valence-electron chi connectivity index (χ0n) is 17.6. The number of nitrogens with zero attached hydrogens (tertiary/aromatic N) is 5. The molecule has 161 valence electrons. The van der Waals surface area contributed by atoms with E-state index < -0.39 is 0 Å². The molecule has 1 radical (unpaired) electrons. The maximum atomic E-state index is 12.5. The fourth-order valence-corrected chi connectivity index (χ4v) is 3.71. The monoisotopic (exact) mass is 428 g/mol. The van der Waals surface area contributed by atoms with E-state index in [9.17, 15) is 4.79 Å². The van der Waals surface area contributed by atoms with Gasteiger partial charge in [-0.25, -0.2) is 20.3 Å². The first-order valence-corrected chi connectivity index (χ1v) is 10.4. The topological polar surface area (TPSA) is 106 Å². The third-order valence-corrected chi connectivity index (χ3v) is 5.39. The number of hydrogen-bond acceptors (Lipinski definition) is 8. The summed E-state index contributed by atoms with van der Waals surface area (Å²) in [5, 5.41) is 10.1. The molecule has 0 atom stereocenters. The number of amides is 1. The SMILES string of the molecule is CNc1ncc(-c2cc3c(c(Nc4ccc(N5CCOCC5)cc4)n2)C(=O)[N]C=C3)cn1. The minimum Gasteiger partial charge on any atom is -0.378 e. The summed E-state index contributed by atoms with van der Waals surface area (Å²) in [7, 11) is 1.76. The van der Waals surface area contributed by atoms with Gasteiger partial charge in [0, 0.05) is 55.7 Å². The average Bonchev–Trinajstić information content (AvgIpc) is 2.85. The highest BCUT2D eigenvalue weighted by Crippen LogP contribution is 2.30. The molecule has 9 heteroatoms. The van der Waals surface area contributed by atoms with Gasteiger partial charge in [-0.2, -0.15) is 0 Å². The summed E-state index contributed by atoms with van der Waals surface area (Å²) in [4.78, 5) is 28.1. The minimum atomic E-state index is -0.323. The van der Waals surface area contributed by atoms with Crippen molar-refractivity contribution in [2.45, 2.75) is 0 Å². The first kappa shape index (κ1) is 20.0. The van der Waals surface area contributed by atoms with E-state index in [0.29, 0.717) is 23.0 Å². The second kappa shape index (κ2) is 8.64. The molecule has 1 fully saturated rings. The molecule has 0 unspecified atom stereocenters. The highest BCUT2D eigenvalue weighted by atomic mass is 16.5. The highest BCUT2D eigenvalue weighted by Gasteiger charge is 2.22. The van der Waals surface area contributed by atoms with E-state index in [2.05, 4.69) is 43.0 Å². The summed E-state index contributed by atoms with van der Waals surface area (Å²) in [6, 6.07) is 9.93. The van der Waals surface area contributed by atoms with E-state index in [-0.39, 0.29) is 5.91 Å². The Morgan fingerprint density at radius 1 is 1.06 bits per heavy atom. The van der Waals surface area contributed by atoms with Gasteiger partial charge < -0.3 is 20.3 Å². The van der Waals surface area contributed by atoms with E-state index in [1.165, 1.54) is 6.20 Å². The molecule has 4 heterocycles. The van der Waals surface area contributed by atoms with Crippen molar-refractivity contribution in [3.8, 4) is 11.3 Å². The predicted molar refractivity (Wildman–Crippen MR) is 123 cm³/mol. The molecule has 9 nitrogen and oxygen atoms in total. The van der Waals surface area contributed by atoms with Crippen molar-refractivity contribution >= 4 is 35.1 Å². The minimum absolute atomic E-state index is 0.323. The normalized spacial score (nSPS) is 15.2. The van der Waals surface area contributed by atoms with E-state index in [1.54, 1.807) is 25.5 Å². The summed E-state index contributed by atoms with van der Waals surface area (Å²) in [6.45, 7) is 3.23. The molecule has 0 aliphatic carbocycles. The molecule has 3 aromatic rings. The van der Waals surface area contributed by atoms with Crippen LogP contribution < -0.4 is 20.9 Å². The first-order valence-electron chi connectivity index (χ1n) is 10.4. The third-order valence-electron chi connectivity index (χ3n) is 5.39. The third kappa shape index (κ3) is 3.97. The van der Waals surface area contributed by atoms with Gasteiger partial charge in [0.1, 0.15) is 5.82 Å². The molecule has 5 rings (SSSR count). The molecule has 2 aliphatic heterocycles. The molecular formula is C23H22N7O2. The Hall–Kier alpha value is -3.98. The number of benzene rings is 1. The molecule has 2 aliphatic rings. The summed E-state index contributed by atoms with van der Waals surface area (Å²) in [5.74, 6) is 0.655. The maximum absolute atomic E-state index is 12.5. The van der Waals surface area contributed by atoms with Crippen LogP contribution in [0.15, 0.2) is 48.9 Å². The maximum Gasteiger partial charge on any atom is 0.281 e. The van der Waals surface area contributed by atoms with E-state index in [1.807, 2.05) is 18.2 Å². The summed E-state index contributed by atoms with van der Waals surface area (Å²) >= 11 is 0. The lowest BCUT2D eigenvalue weighted by Gasteiger charge is -2.29. The van der Waals surface area contributed by atoms with Gasteiger partial charge in [-0.3, -0.25) is 4.79 Å². The molecular weight excluding hydrogens is 406 g/mol. The molecule has 1 saturated heterocycles. The summed E-state index contributed by atoms with van der Waals surface area (Å²) < 4.78 is 5.43. The number of pyridine rings is 1. The Morgan fingerprint density at radius 3 is 2.53 bits per heavy atom. The predicted octanol–water partition coefficient (Wildman–Crippen LogP) is 2.89. The molecule has 0 saturated carbocycles. The fourth-order valence-electron chi connectivity index (χ4n) is 3.71. The number of hydrogen-bond donors (Lipinski definition) is 2. The number of carbonyl (C=O) groups is 1. The van der Waals surface area contributed by atoms with Crippen LogP contribution in [0, 0.1) is 0 Å². The van der Waals surface area contributed by atoms with Gasteiger partial charge in [0.2, 0.25) is 5.95 Å². The van der Waals surface area contributed by atoms with Crippen LogP contribution in [-0.4, -0.2) is 54.2 Å². The van der Waals surface area contributed by atoms with Gasteiger partial charge >= 0.3 is 0 Å².